The van der Waals surface area contributed by atoms with E-state index in [2.05, 4.69) is 43.1 Å². The molecule has 5 rings (SSSR count). The molecule has 1 aliphatic heterocycles. The van der Waals surface area contributed by atoms with Gasteiger partial charge in [0.05, 0.1) is 17.4 Å². The number of anilines is 2. The van der Waals surface area contributed by atoms with Crippen molar-refractivity contribution >= 4 is 52.5 Å². The monoisotopic (exact) mass is 567 g/mol. The number of nitrogen functional groups attached to an aromatic ring is 1. The summed E-state index contributed by atoms with van der Waals surface area (Å²) in [6.45, 7) is 4.11. The second-order valence-corrected chi connectivity index (χ2v) is 11.3. The molecular weight excluding hydrogens is 541 g/mol. The lowest BCUT2D eigenvalue weighted by Gasteiger charge is -2.42. The van der Waals surface area contributed by atoms with E-state index in [0.717, 1.165) is 49.3 Å². The Balaban J connectivity index is 1.23. The first-order valence-electron chi connectivity index (χ1n) is 12.3. The van der Waals surface area contributed by atoms with Crippen molar-refractivity contribution in [2.24, 2.45) is 11.1 Å². The van der Waals surface area contributed by atoms with Crippen LogP contribution >= 0.6 is 35.0 Å². The summed E-state index contributed by atoms with van der Waals surface area (Å²) in [5.41, 5.74) is 15.8. The van der Waals surface area contributed by atoms with Gasteiger partial charge in [0.15, 0.2) is 5.15 Å². The summed E-state index contributed by atoms with van der Waals surface area (Å²) in [7, 11) is 0. The largest absolute Gasteiger partial charge is 0.384 e. The number of hydrogen-bond acceptors (Lipinski definition) is 8. The molecule has 2 aromatic heterocycles. The molecule has 2 aliphatic rings. The number of nitrogens with two attached hydrogens (primary N) is 2. The van der Waals surface area contributed by atoms with Crippen molar-refractivity contribution in [1.29, 1.82) is 0 Å². The SMILES string of the molecule is CCNC(=O)C#Cc1ccc2c(c1)[C@@H](N)C1(CCN(c3cnc(Sc4cc(N)nc(Cl)c4Cl)cn3)CC1)C2. The van der Waals surface area contributed by atoms with Crippen molar-refractivity contribution in [3.8, 4) is 11.8 Å². The Hall–Kier alpha value is -3.03. The van der Waals surface area contributed by atoms with Gasteiger partial charge in [0.2, 0.25) is 0 Å². The number of pyridine rings is 1. The standard InChI is InChI=1S/C27H27Cl2N7OS/c1-2-32-22(37)6-4-16-3-5-17-13-27(25(31)18(17)11-16)7-9-36(10-8-27)21-14-34-23(15-33-21)38-19-12-20(30)35-26(29)24(19)28/h3,5,11-12,14-15,25H,2,7-10,13,31H2,1H3,(H2,30,35)(H,32,37)/t25-/m1/s1. The minimum Gasteiger partial charge on any atom is -0.384 e. The molecule has 5 N–H and O–H groups in total. The molecule has 1 fully saturated rings. The molecule has 1 aromatic carbocycles. The van der Waals surface area contributed by atoms with Crippen LogP contribution < -0.4 is 21.7 Å². The second-order valence-electron chi connectivity index (χ2n) is 9.49. The molecule has 0 radical (unpaired) electrons. The number of benzene rings is 1. The number of hydrogen-bond donors (Lipinski definition) is 3. The molecule has 0 unspecified atom stereocenters. The van der Waals surface area contributed by atoms with Gasteiger partial charge in [-0.05, 0) is 60.9 Å². The fraction of sp³-hybridized carbons (Fsp3) is 0.333. The first-order chi connectivity index (χ1) is 18.3. The molecule has 1 amide bonds. The van der Waals surface area contributed by atoms with Crippen LogP contribution in [0.25, 0.3) is 0 Å². The Labute approximate surface area is 235 Å². The number of nitrogens with one attached hydrogen (secondary N) is 1. The van der Waals surface area contributed by atoms with E-state index >= 15 is 0 Å². The number of halogens is 2. The minimum atomic E-state index is -0.272. The lowest BCUT2D eigenvalue weighted by Crippen LogP contribution is -2.44. The third kappa shape index (κ3) is 5.40. The number of amides is 1. The number of carbonyl (C=O) groups is 1. The predicted molar refractivity (Wildman–Crippen MR) is 151 cm³/mol. The zero-order valence-electron chi connectivity index (χ0n) is 20.8. The molecule has 8 nitrogen and oxygen atoms in total. The molecule has 0 saturated carbocycles. The Morgan fingerprint density at radius 3 is 2.74 bits per heavy atom. The average molecular weight is 569 g/mol. The van der Waals surface area contributed by atoms with Gasteiger partial charge in [0, 0.05) is 42.1 Å². The van der Waals surface area contributed by atoms with Crippen LogP contribution in [0.2, 0.25) is 10.2 Å². The number of rotatable bonds is 4. The lowest BCUT2D eigenvalue weighted by molar-refractivity contribution is -0.115. The van der Waals surface area contributed by atoms with Crippen molar-refractivity contribution in [3.63, 3.8) is 0 Å². The normalized spacial score (nSPS) is 17.6. The third-order valence-electron chi connectivity index (χ3n) is 7.16. The fourth-order valence-corrected chi connectivity index (χ4v) is 6.42. The molecule has 1 saturated heterocycles. The maximum Gasteiger partial charge on any atom is 0.296 e. The summed E-state index contributed by atoms with van der Waals surface area (Å²) < 4.78 is 0. The van der Waals surface area contributed by atoms with Gasteiger partial charge in [-0.15, -0.1) is 0 Å². The smallest absolute Gasteiger partial charge is 0.296 e. The fourth-order valence-electron chi connectivity index (χ4n) is 5.15. The average Bonchev–Trinajstić information content (AvgIpc) is 3.17. The van der Waals surface area contributed by atoms with Gasteiger partial charge < -0.3 is 21.7 Å². The highest BCUT2D eigenvalue weighted by Gasteiger charge is 2.46. The highest BCUT2D eigenvalue weighted by Crippen LogP contribution is 2.51. The van der Waals surface area contributed by atoms with E-state index in [9.17, 15) is 4.79 Å². The van der Waals surface area contributed by atoms with Gasteiger partial charge in [-0.1, -0.05) is 47.0 Å². The first kappa shape index (κ1) is 26.6. The van der Waals surface area contributed by atoms with E-state index in [1.54, 1.807) is 18.5 Å². The van der Waals surface area contributed by atoms with Crippen LogP contribution in [0.5, 0.6) is 0 Å². The summed E-state index contributed by atoms with van der Waals surface area (Å²) in [6.07, 6.45) is 6.35. The molecule has 196 valence electrons. The Morgan fingerprint density at radius 1 is 1.24 bits per heavy atom. The summed E-state index contributed by atoms with van der Waals surface area (Å²) >= 11 is 13.6. The van der Waals surface area contributed by atoms with Crippen LogP contribution in [0, 0.1) is 17.3 Å². The van der Waals surface area contributed by atoms with Gasteiger partial charge in [-0.25, -0.2) is 15.0 Å². The number of fused-ring (bicyclic) bond motifs is 1. The van der Waals surface area contributed by atoms with Gasteiger partial charge in [-0.2, -0.15) is 0 Å². The first-order valence-corrected chi connectivity index (χ1v) is 13.9. The molecule has 0 bridgehead atoms. The van der Waals surface area contributed by atoms with Crippen molar-refractivity contribution < 1.29 is 4.79 Å². The molecule has 1 aliphatic carbocycles. The maximum absolute atomic E-state index is 11.7. The minimum absolute atomic E-state index is 0.00495. The highest BCUT2D eigenvalue weighted by molar-refractivity contribution is 7.99. The van der Waals surface area contributed by atoms with Crippen LogP contribution in [0.15, 0.2) is 46.6 Å². The molecule has 1 atom stereocenters. The zero-order valence-corrected chi connectivity index (χ0v) is 23.1. The van der Waals surface area contributed by atoms with E-state index in [1.807, 2.05) is 19.1 Å². The second kappa shape index (κ2) is 11.0. The topological polar surface area (TPSA) is 123 Å². The van der Waals surface area contributed by atoms with Crippen LogP contribution in [-0.4, -0.2) is 40.5 Å². The van der Waals surface area contributed by atoms with Gasteiger partial charge >= 0.3 is 0 Å². The summed E-state index contributed by atoms with van der Waals surface area (Å²) in [5.74, 6) is 6.46. The Kier molecular flexibility index (Phi) is 7.68. The molecule has 3 heterocycles. The zero-order chi connectivity index (χ0) is 26.9. The summed E-state index contributed by atoms with van der Waals surface area (Å²) in [5, 5.41) is 3.88. The van der Waals surface area contributed by atoms with E-state index in [0.29, 0.717) is 27.3 Å². The molecule has 1 spiro atoms. The number of carbonyl (C=O) groups excluding carboxylic acids is 1. The maximum atomic E-state index is 11.7. The molecule has 38 heavy (non-hydrogen) atoms. The Bertz CT molecular complexity index is 1430. The van der Waals surface area contributed by atoms with E-state index in [4.69, 9.17) is 34.7 Å². The number of piperidine rings is 1. The molecule has 3 aromatic rings. The van der Waals surface area contributed by atoms with E-state index < -0.39 is 0 Å². The highest BCUT2D eigenvalue weighted by atomic mass is 35.5. The van der Waals surface area contributed by atoms with Crippen molar-refractivity contribution in [1.82, 2.24) is 20.3 Å². The predicted octanol–water partition coefficient (Wildman–Crippen LogP) is 4.24. The quantitative estimate of drug-likeness (QED) is 0.316. The van der Waals surface area contributed by atoms with Gasteiger partial charge in [-0.3, -0.25) is 4.79 Å². The third-order valence-corrected chi connectivity index (χ3v) is 8.98. The van der Waals surface area contributed by atoms with Gasteiger partial charge in [0.25, 0.3) is 5.91 Å². The molecule has 11 heteroatoms. The summed E-state index contributed by atoms with van der Waals surface area (Å²) in [6, 6.07) is 7.73. The van der Waals surface area contributed by atoms with Crippen LogP contribution in [0.3, 0.4) is 0 Å². The van der Waals surface area contributed by atoms with Crippen LogP contribution in [0.4, 0.5) is 11.6 Å². The number of aromatic nitrogens is 3. The summed E-state index contributed by atoms with van der Waals surface area (Å²) in [4.78, 5) is 27.8. The van der Waals surface area contributed by atoms with Crippen LogP contribution in [-0.2, 0) is 11.2 Å². The van der Waals surface area contributed by atoms with Gasteiger partial charge in [0.1, 0.15) is 16.7 Å². The lowest BCUT2D eigenvalue weighted by atomic mass is 9.73. The Morgan fingerprint density at radius 2 is 2.03 bits per heavy atom. The van der Waals surface area contributed by atoms with E-state index in [-0.39, 0.29) is 22.5 Å². The van der Waals surface area contributed by atoms with Crippen molar-refractivity contribution in [3.05, 3.63) is 63.5 Å². The van der Waals surface area contributed by atoms with Crippen LogP contribution in [0.1, 0.15) is 42.5 Å². The number of nitrogens with zero attached hydrogens (tertiary/aromatic N) is 4. The molecular formula is C27H27Cl2N7OS. The van der Waals surface area contributed by atoms with Crippen molar-refractivity contribution in [2.45, 2.75) is 42.1 Å². The van der Waals surface area contributed by atoms with E-state index in [1.165, 1.54) is 17.3 Å². The van der Waals surface area contributed by atoms with Crippen molar-refractivity contribution in [2.75, 3.05) is 30.3 Å².